The first-order valence-corrected chi connectivity index (χ1v) is 5.71. The van der Waals surface area contributed by atoms with Gasteiger partial charge < -0.3 is 5.32 Å². The molecule has 0 unspecified atom stereocenters. The number of halogens is 1. The van der Waals surface area contributed by atoms with Gasteiger partial charge in [-0.3, -0.25) is 10.1 Å². The average molecular weight is 241 g/mol. The quantitative estimate of drug-likeness (QED) is 0.650. The highest BCUT2D eigenvalue weighted by Crippen LogP contribution is 2.23. The molecule has 0 atom stereocenters. The number of non-ortho nitro benzene ring substituents is 1. The third-order valence-corrected chi connectivity index (χ3v) is 3.30. The summed E-state index contributed by atoms with van der Waals surface area (Å²) in [5.41, 5.74) is 0.887. The number of rotatable bonds is 4. The van der Waals surface area contributed by atoms with Crippen LogP contribution in [0.4, 0.5) is 5.69 Å². The van der Waals surface area contributed by atoms with Crippen molar-refractivity contribution in [3.05, 3.63) is 38.9 Å². The van der Waals surface area contributed by atoms with E-state index in [-0.39, 0.29) is 5.69 Å². The summed E-state index contributed by atoms with van der Waals surface area (Å²) >= 11 is 5.98. The zero-order valence-electron chi connectivity index (χ0n) is 8.78. The zero-order valence-corrected chi connectivity index (χ0v) is 9.54. The third kappa shape index (κ3) is 2.51. The van der Waals surface area contributed by atoms with Crippen molar-refractivity contribution in [1.82, 2.24) is 5.32 Å². The van der Waals surface area contributed by atoms with Gasteiger partial charge in [0.15, 0.2) is 0 Å². The molecule has 1 aliphatic rings. The molecule has 5 heteroatoms. The fraction of sp³-hybridized carbons (Fsp3) is 0.455. The van der Waals surface area contributed by atoms with E-state index in [2.05, 4.69) is 5.32 Å². The van der Waals surface area contributed by atoms with Crippen molar-refractivity contribution in [1.29, 1.82) is 0 Å². The van der Waals surface area contributed by atoms with Crippen molar-refractivity contribution < 1.29 is 4.92 Å². The molecule has 0 aromatic heterocycles. The predicted octanol–water partition coefficient (Wildman–Crippen LogP) is 2.89. The van der Waals surface area contributed by atoms with E-state index in [1.807, 2.05) is 0 Å². The van der Waals surface area contributed by atoms with Crippen LogP contribution in [-0.4, -0.2) is 11.0 Å². The lowest BCUT2D eigenvalue weighted by Gasteiger charge is -2.26. The smallest absolute Gasteiger partial charge is 0.269 e. The van der Waals surface area contributed by atoms with Crippen LogP contribution in [0.25, 0.3) is 0 Å². The molecule has 1 saturated carbocycles. The summed E-state index contributed by atoms with van der Waals surface area (Å²) in [7, 11) is 0. The first-order valence-electron chi connectivity index (χ1n) is 5.33. The minimum Gasteiger partial charge on any atom is -0.310 e. The maximum atomic E-state index is 10.6. The van der Waals surface area contributed by atoms with Crippen LogP contribution in [0.5, 0.6) is 0 Å². The Morgan fingerprint density at radius 3 is 2.81 bits per heavy atom. The molecule has 16 heavy (non-hydrogen) atoms. The maximum absolute atomic E-state index is 10.6. The molecular formula is C11H13ClN2O2. The third-order valence-electron chi connectivity index (χ3n) is 2.93. The summed E-state index contributed by atoms with van der Waals surface area (Å²) in [5.74, 6) is 0. The van der Waals surface area contributed by atoms with E-state index in [1.54, 1.807) is 6.07 Å². The molecule has 0 saturated heterocycles. The van der Waals surface area contributed by atoms with Gasteiger partial charge in [-0.25, -0.2) is 0 Å². The van der Waals surface area contributed by atoms with Gasteiger partial charge in [-0.15, -0.1) is 0 Å². The van der Waals surface area contributed by atoms with Crippen molar-refractivity contribution in [3.63, 3.8) is 0 Å². The monoisotopic (exact) mass is 240 g/mol. The SMILES string of the molecule is O=[N+]([O-])c1ccc(Cl)c(CNC2CCC2)c1. The predicted molar refractivity (Wildman–Crippen MR) is 62.6 cm³/mol. The fourth-order valence-corrected chi connectivity index (χ4v) is 1.86. The van der Waals surface area contributed by atoms with E-state index < -0.39 is 4.92 Å². The van der Waals surface area contributed by atoms with E-state index in [9.17, 15) is 10.1 Å². The first kappa shape index (κ1) is 11.4. The zero-order chi connectivity index (χ0) is 11.5. The van der Waals surface area contributed by atoms with Crippen molar-refractivity contribution in [3.8, 4) is 0 Å². The molecule has 0 heterocycles. The highest BCUT2D eigenvalue weighted by molar-refractivity contribution is 6.31. The number of nitro benzene ring substituents is 1. The molecule has 86 valence electrons. The highest BCUT2D eigenvalue weighted by atomic mass is 35.5. The Bertz CT molecular complexity index is 405. The highest BCUT2D eigenvalue weighted by Gasteiger charge is 2.17. The fourth-order valence-electron chi connectivity index (χ4n) is 1.68. The Hall–Kier alpha value is -1.13. The van der Waals surface area contributed by atoms with Gasteiger partial charge in [0.25, 0.3) is 5.69 Å². The van der Waals surface area contributed by atoms with Gasteiger partial charge in [-0.05, 0) is 24.5 Å². The summed E-state index contributed by atoms with van der Waals surface area (Å²) in [4.78, 5) is 10.2. The molecule has 0 bridgehead atoms. The Morgan fingerprint density at radius 2 is 2.25 bits per heavy atom. The molecule has 0 spiro atoms. The Morgan fingerprint density at radius 1 is 1.50 bits per heavy atom. The van der Waals surface area contributed by atoms with Gasteiger partial charge in [-0.2, -0.15) is 0 Å². The lowest BCUT2D eigenvalue weighted by molar-refractivity contribution is -0.384. The van der Waals surface area contributed by atoms with Crippen LogP contribution < -0.4 is 5.32 Å². The lowest BCUT2D eigenvalue weighted by atomic mass is 9.93. The van der Waals surface area contributed by atoms with Gasteiger partial charge in [0.1, 0.15) is 0 Å². The van der Waals surface area contributed by atoms with Crippen LogP contribution in [0.15, 0.2) is 18.2 Å². The molecule has 1 aromatic rings. The van der Waals surface area contributed by atoms with E-state index >= 15 is 0 Å². The Labute approximate surface area is 98.8 Å². The van der Waals surface area contributed by atoms with Crippen LogP contribution in [0.3, 0.4) is 0 Å². The Balaban J connectivity index is 2.05. The van der Waals surface area contributed by atoms with Crippen LogP contribution >= 0.6 is 11.6 Å². The van der Waals surface area contributed by atoms with Crippen molar-refractivity contribution in [2.45, 2.75) is 31.8 Å². The molecule has 2 rings (SSSR count). The number of nitro groups is 1. The number of nitrogens with zero attached hydrogens (tertiary/aromatic N) is 1. The normalized spacial score (nSPS) is 15.8. The summed E-state index contributed by atoms with van der Waals surface area (Å²) in [6, 6.07) is 5.09. The van der Waals surface area contributed by atoms with E-state index in [0.29, 0.717) is 17.6 Å². The molecule has 1 N–H and O–H groups in total. The maximum Gasteiger partial charge on any atom is 0.269 e. The lowest BCUT2D eigenvalue weighted by Crippen LogP contribution is -2.34. The second kappa shape index (κ2) is 4.80. The van der Waals surface area contributed by atoms with E-state index in [1.165, 1.54) is 31.4 Å². The number of nitrogens with one attached hydrogen (secondary N) is 1. The molecule has 1 aromatic carbocycles. The van der Waals surface area contributed by atoms with Gasteiger partial charge >= 0.3 is 0 Å². The molecule has 1 aliphatic carbocycles. The van der Waals surface area contributed by atoms with Crippen LogP contribution in [0.1, 0.15) is 24.8 Å². The van der Waals surface area contributed by atoms with Crippen LogP contribution in [-0.2, 0) is 6.54 Å². The summed E-state index contributed by atoms with van der Waals surface area (Å²) in [6.45, 7) is 0.602. The van der Waals surface area contributed by atoms with Crippen LogP contribution in [0, 0.1) is 10.1 Å². The minimum atomic E-state index is -0.400. The standard InChI is InChI=1S/C11H13ClN2O2/c12-11-5-4-10(14(15)16)6-8(11)7-13-9-2-1-3-9/h4-6,9,13H,1-3,7H2. The van der Waals surface area contributed by atoms with Gasteiger partial charge in [-0.1, -0.05) is 18.0 Å². The Kier molecular flexibility index (Phi) is 3.41. The average Bonchev–Trinajstić information content (AvgIpc) is 2.18. The first-order chi connectivity index (χ1) is 7.66. The summed E-state index contributed by atoms with van der Waals surface area (Å²) in [5, 5.41) is 14.5. The largest absolute Gasteiger partial charge is 0.310 e. The number of benzene rings is 1. The second-order valence-corrected chi connectivity index (χ2v) is 4.45. The summed E-state index contributed by atoms with van der Waals surface area (Å²) in [6.07, 6.45) is 3.64. The summed E-state index contributed by atoms with van der Waals surface area (Å²) < 4.78 is 0. The molecular weight excluding hydrogens is 228 g/mol. The number of hydrogen-bond acceptors (Lipinski definition) is 3. The molecule has 0 aliphatic heterocycles. The van der Waals surface area contributed by atoms with Gasteiger partial charge in [0, 0.05) is 29.7 Å². The topological polar surface area (TPSA) is 55.2 Å². The minimum absolute atomic E-state index is 0.0924. The second-order valence-electron chi connectivity index (χ2n) is 4.04. The van der Waals surface area contributed by atoms with Gasteiger partial charge in [0.2, 0.25) is 0 Å². The van der Waals surface area contributed by atoms with E-state index in [0.717, 1.165) is 5.56 Å². The number of hydrogen-bond donors (Lipinski definition) is 1. The van der Waals surface area contributed by atoms with Gasteiger partial charge in [0.05, 0.1) is 4.92 Å². The molecule has 0 amide bonds. The van der Waals surface area contributed by atoms with Crippen molar-refractivity contribution in [2.24, 2.45) is 0 Å². The molecule has 1 fully saturated rings. The molecule has 4 nitrogen and oxygen atoms in total. The van der Waals surface area contributed by atoms with Crippen molar-refractivity contribution >= 4 is 17.3 Å². The van der Waals surface area contributed by atoms with E-state index in [4.69, 9.17) is 11.6 Å². The van der Waals surface area contributed by atoms with Crippen molar-refractivity contribution in [2.75, 3.05) is 0 Å². The molecule has 0 radical (unpaired) electrons. The van der Waals surface area contributed by atoms with Crippen LogP contribution in [0.2, 0.25) is 5.02 Å².